The zero-order chi connectivity index (χ0) is 29.9. The number of amides is 1. The lowest BCUT2D eigenvalue weighted by Gasteiger charge is -2.48. The Hall–Kier alpha value is -2.30. The lowest BCUT2D eigenvalue weighted by Crippen LogP contribution is -2.50. The van der Waals surface area contributed by atoms with Gasteiger partial charge in [0.1, 0.15) is 5.75 Å². The number of carbonyl (C=O) groups is 1. The minimum atomic E-state index is -4.33. The number of nitrogens with zero attached hydrogens (tertiary/aromatic N) is 4. The highest BCUT2D eigenvalue weighted by Gasteiger charge is 2.51. The van der Waals surface area contributed by atoms with Crippen molar-refractivity contribution in [3.63, 3.8) is 0 Å². The van der Waals surface area contributed by atoms with E-state index in [9.17, 15) is 13.2 Å². The van der Waals surface area contributed by atoms with E-state index >= 15 is 0 Å². The smallest absolute Gasteiger partial charge is 0.408 e. The highest BCUT2D eigenvalue weighted by molar-refractivity contribution is 7.95. The Morgan fingerprint density at radius 1 is 0.860 bits per heavy atom. The van der Waals surface area contributed by atoms with E-state index < -0.39 is 23.5 Å². The number of fused-ring (bicyclic) bond motifs is 2. The van der Waals surface area contributed by atoms with Gasteiger partial charge in [-0.2, -0.15) is 8.42 Å². The van der Waals surface area contributed by atoms with Crippen LogP contribution in [0.25, 0.3) is 0 Å². The van der Waals surface area contributed by atoms with Gasteiger partial charge in [-0.05, 0) is 79.8 Å². The van der Waals surface area contributed by atoms with Gasteiger partial charge < -0.3 is 14.4 Å². The molecule has 3 aromatic carbocycles. The molecule has 0 aliphatic carbocycles. The van der Waals surface area contributed by atoms with Gasteiger partial charge in [0.2, 0.25) is 0 Å². The lowest BCUT2D eigenvalue weighted by molar-refractivity contribution is 0.0742. The van der Waals surface area contributed by atoms with Gasteiger partial charge in [0.25, 0.3) is 10.0 Å². The molecule has 4 heterocycles. The Kier molecular flexibility index (Phi) is 7.70. The number of morpholine rings is 1. The van der Waals surface area contributed by atoms with E-state index in [1.54, 1.807) is 18.2 Å². The average Bonchev–Trinajstić information content (AvgIpc) is 3.00. The molecule has 0 unspecified atom stereocenters. The Balaban J connectivity index is 1.60. The van der Waals surface area contributed by atoms with E-state index in [0.29, 0.717) is 53.1 Å². The molecule has 14 heteroatoms. The first-order valence-electron chi connectivity index (χ1n) is 14.1. The minimum absolute atomic E-state index is 0.0235. The number of aryl methyl sites for hydroxylation is 1. The van der Waals surface area contributed by atoms with Gasteiger partial charge in [-0.3, -0.25) is 0 Å². The standard InChI is InChI=1S/C29H28Cl3N4O5PS/c30-20-5-8-22(9-6-20)43(38,39)33-42(35-13-15-40-16-14-35)26-17-19-3-1-11-34-12-2-4-23(27(19)34)28(26)41-29(37)36(42)21-7-10-24(31)25(32)18-21/h5-10,17-18H,1-4,11-16H2/t42-/m1/s1. The third-order valence-corrected chi connectivity index (χ3v) is 15.0. The van der Waals surface area contributed by atoms with Crippen molar-refractivity contribution in [2.75, 3.05) is 49.0 Å². The highest BCUT2D eigenvalue weighted by Crippen LogP contribution is 2.64. The third-order valence-electron chi connectivity index (χ3n) is 8.28. The number of hydrogen-bond donors (Lipinski definition) is 0. The molecule has 226 valence electrons. The molecule has 0 N–H and O–H groups in total. The number of halogens is 3. The summed E-state index contributed by atoms with van der Waals surface area (Å²) in [7, 11) is -8.00. The van der Waals surface area contributed by atoms with Gasteiger partial charge in [-0.15, -0.1) is 4.15 Å². The van der Waals surface area contributed by atoms with Crippen LogP contribution in [0.5, 0.6) is 5.75 Å². The largest absolute Gasteiger partial charge is 0.425 e. The summed E-state index contributed by atoms with van der Waals surface area (Å²) < 4.78 is 48.7. The molecule has 1 amide bonds. The number of carbonyl (C=O) groups excluding carboxylic acids is 1. The van der Waals surface area contributed by atoms with Crippen LogP contribution in [0.4, 0.5) is 16.2 Å². The van der Waals surface area contributed by atoms with Gasteiger partial charge in [-0.25, -0.2) is 14.1 Å². The Morgan fingerprint density at radius 3 is 2.30 bits per heavy atom. The summed E-state index contributed by atoms with van der Waals surface area (Å²) >= 11 is 18.8. The zero-order valence-electron chi connectivity index (χ0n) is 23.0. The number of ether oxygens (including phenoxy) is 2. The first-order chi connectivity index (χ1) is 20.7. The van der Waals surface area contributed by atoms with Crippen LogP contribution in [-0.2, 0) is 27.6 Å². The monoisotopic (exact) mass is 680 g/mol. The van der Waals surface area contributed by atoms with Crippen molar-refractivity contribution in [2.24, 2.45) is 4.15 Å². The normalized spacial score (nSPS) is 22.1. The fourth-order valence-electron chi connectivity index (χ4n) is 6.43. The van der Waals surface area contributed by atoms with Gasteiger partial charge in [0.15, 0.2) is 7.36 Å². The SMILES string of the molecule is O=C1Oc2c(cc3c4c2CCCN4CCC3)[P@@](=NS(=O)(=O)c2ccc(Cl)cc2)(N2CCOCC2)N1c1ccc(Cl)c(Cl)c1. The molecule has 7 rings (SSSR count). The average molecular weight is 682 g/mol. The van der Waals surface area contributed by atoms with E-state index in [1.165, 1.54) is 28.9 Å². The van der Waals surface area contributed by atoms with Crippen molar-refractivity contribution in [1.82, 2.24) is 4.67 Å². The molecule has 4 aliphatic heterocycles. The summed E-state index contributed by atoms with van der Waals surface area (Å²) in [6.07, 6.45) is 2.71. The van der Waals surface area contributed by atoms with Crippen LogP contribution in [-0.4, -0.2) is 58.6 Å². The number of hydrogen-bond acceptors (Lipinski definition) is 6. The number of sulfonamides is 1. The molecule has 0 saturated carbocycles. The third kappa shape index (κ3) is 4.96. The van der Waals surface area contributed by atoms with E-state index in [-0.39, 0.29) is 9.92 Å². The fourth-order valence-corrected chi connectivity index (χ4v) is 13.0. The van der Waals surface area contributed by atoms with E-state index in [1.807, 2.05) is 10.7 Å². The molecular formula is C29H28Cl3N4O5PS. The molecule has 1 fully saturated rings. The molecule has 1 atom stereocenters. The summed E-state index contributed by atoms with van der Waals surface area (Å²) in [6.45, 7) is 3.28. The van der Waals surface area contributed by atoms with Crippen LogP contribution in [0.2, 0.25) is 15.1 Å². The topological polar surface area (TPSA) is 91.7 Å². The maximum Gasteiger partial charge on any atom is 0.425 e. The molecule has 0 radical (unpaired) electrons. The van der Waals surface area contributed by atoms with E-state index in [2.05, 4.69) is 4.90 Å². The van der Waals surface area contributed by atoms with Crippen LogP contribution >= 0.6 is 42.2 Å². The fraction of sp³-hybridized carbons (Fsp3) is 0.345. The van der Waals surface area contributed by atoms with Crippen molar-refractivity contribution in [3.05, 3.63) is 74.7 Å². The van der Waals surface area contributed by atoms with Crippen molar-refractivity contribution >= 4 is 75.0 Å². The van der Waals surface area contributed by atoms with Gasteiger partial charge in [0.05, 0.1) is 39.1 Å². The first kappa shape index (κ1) is 29.4. The van der Waals surface area contributed by atoms with Crippen molar-refractivity contribution in [1.29, 1.82) is 0 Å². The number of benzene rings is 3. The molecule has 1 saturated heterocycles. The van der Waals surface area contributed by atoms with Crippen LogP contribution in [0.1, 0.15) is 24.0 Å². The van der Waals surface area contributed by atoms with Crippen LogP contribution in [0.3, 0.4) is 0 Å². The maximum absolute atomic E-state index is 14.3. The van der Waals surface area contributed by atoms with Crippen molar-refractivity contribution in [2.45, 2.75) is 30.6 Å². The first-order valence-corrected chi connectivity index (χ1v) is 18.3. The number of rotatable bonds is 4. The quantitative estimate of drug-likeness (QED) is 0.282. The van der Waals surface area contributed by atoms with Gasteiger partial charge in [0, 0.05) is 42.5 Å². The van der Waals surface area contributed by atoms with Crippen LogP contribution in [0, 0.1) is 0 Å². The van der Waals surface area contributed by atoms with E-state index in [0.717, 1.165) is 55.6 Å². The molecule has 4 aliphatic rings. The highest BCUT2D eigenvalue weighted by atomic mass is 35.5. The Bertz CT molecular complexity index is 1800. The van der Waals surface area contributed by atoms with Crippen molar-refractivity contribution < 1.29 is 22.7 Å². The summed E-state index contributed by atoms with van der Waals surface area (Å²) in [5, 5.41) is 1.52. The van der Waals surface area contributed by atoms with Gasteiger partial charge in [-0.1, -0.05) is 34.8 Å². The zero-order valence-corrected chi connectivity index (χ0v) is 27.0. The summed E-state index contributed by atoms with van der Waals surface area (Å²) in [4.78, 5) is 16.7. The lowest BCUT2D eigenvalue weighted by atomic mass is 9.91. The second-order valence-corrected chi connectivity index (χ2v) is 16.7. The summed E-state index contributed by atoms with van der Waals surface area (Å²) in [6, 6.07) is 12.7. The van der Waals surface area contributed by atoms with Crippen LogP contribution in [0.15, 0.2) is 57.6 Å². The predicted octanol–water partition coefficient (Wildman–Crippen LogP) is 6.74. The molecule has 9 nitrogen and oxygen atoms in total. The maximum atomic E-state index is 14.3. The summed E-state index contributed by atoms with van der Waals surface area (Å²) in [5.41, 5.74) is 3.50. The minimum Gasteiger partial charge on any atom is -0.408 e. The Morgan fingerprint density at radius 2 is 1.58 bits per heavy atom. The predicted molar refractivity (Wildman–Crippen MR) is 170 cm³/mol. The van der Waals surface area contributed by atoms with Crippen molar-refractivity contribution in [3.8, 4) is 5.75 Å². The van der Waals surface area contributed by atoms with Gasteiger partial charge >= 0.3 is 6.09 Å². The Labute approximate surface area is 265 Å². The molecule has 0 bridgehead atoms. The molecule has 3 aromatic rings. The van der Waals surface area contributed by atoms with Crippen LogP contribution < -0.4 is 19.6 Å². The number of anilines is 2. The molecule has 0 spiro atoms. The summed E-state index contributed by atoms with van der Waals surface area (Å²) in [5.74, 6) is 0.418. The molecule has 43 heavy (non-hydrogen) atoms. The molecule has 0 aromatic heterocycles. The second kappa shape index (κ2) is 11.2. The molecular weight excluding hydrogens is 654 g/mol. The van der Waals surface area contributed by atoms with E-state index in [4.69, 9.17) is 48.4 Å². The second-order valence-electron chi connectivity index (χ2n) is 10.8.